The van der Waals surface area contributed by atoms with Gasteiger partial charge in [-0.3, -0.25) is 9.10 Å². The van der Waals surface area contributed by atoms with E-state index in [-0.39, 0.29) is 21.9 Å². The highest BCUT2D eigenvalue weighted by atomic mass is 35.5. The fraction of sp³-hybridized carbons (Fsp3) is 0.208. The molecule has 0 spiro atoms. The number of ether oxygens (including phenoxy) is 2. The van der Waals surface area contributed by atoms with Gasteiger partial charge in [0.05, 0.1) is 24.8 Å². The second kappa shape index (κ2) is 10.8. The van der Waals surface area contributed by atoms with Gasteiger partial charge < -0.3 is 19.9 Å². The molecule has 1 amide bonds. The number of aliphatic hydroxyl groups excluding tert-OH is 1. The average Bonchev–Trinajstić information content (AvgIpc) is 2.86. The van der Waals surface area contributed by atoms with Crippen molar-refractivity contribution in [3.05, 3.63) is 82.9 Å². The Labute approximate surface area is 203 Å². The standard InChI is InChI=1S/C24H25ClN2O6S/c1-26-23(28)15-27(34(30,31)18-10-12-21(32-2)22(14-18)33-3)20-11-9-17(25)13-19(20)24(29)16-7-5-4-6-8-16/h4-14,24,29H,15H2,1-3H3,(H,26,28). The van der Waals surface area contributed by atoms with Crippen molar-refractivity contribution in [1.29, 1.82) is 0 Å². The fourth-order valence-electron chi connectivity index (χ4n) is 3.40. The molecule has 0 aliphatic rings. The zero-order valence-corrected chi connectivity index (χ0v) is 20.4. The van der Waals surface area contributed by atoms with Crippen molar-refractivity contribution in [2.24, 2.45) is 0 Å². The summed E-state index contributed by atoms with van der Waals surface area (Å²) in [5.41, 5.74) is 0.875. The quantitative estimate of drug-likeness (QED) is 0.463. The molecule has 0 aliphatic heterocycles. The largest absolute Gasteiger partial charge is 0.493 e. The molecule has 0 heterocycles. The summed E-state index contributed by atoms with van der Waals surface area (Å²) in [5, 5.41) is 13.9. The number of carbonyl (C=O) groups excluding carboxylic acids is 1. The summed E-state index contributed by atoms with van der Waals surface area (Å²) >= 11 is 6.20. The number of sulfonamides is 1. The molecule has 0 saturated carbocycles. The third-order valence-corrected chi connectivity index (χ3v) is 7.17. The number of carbonyl (C=O) groups is 1. The number of hydrogen-bond donors (Lipinski definition) is 2. The van der Waals surface area contributed by atoms with Crippen LogP contribution in [0.1, 0.15) is 17.2 Å². The van der Waals surface area contributed by atoms with Crippen LogP contribution in [-0.4, -0.2) is 47.2 Å². The van der Waals surface area contributed by atoms with Crippen LogP contribution in [0.15, 0.2) is 71.6 Å². The minimum atomic E-state index is -4.29. The lowest BCUT2D eigenvalue weighted by molar-refractivity contribution is -0.119. The van der Waals surface area contributed by atoms with Crippen LogP contribution in [0.2, 0.25) is 5.02 Å². The molecule has 0 aromatic heterocycles. The molecular weight excluding hydrogens is 480 g/mol. The van der Waals surface area contributed by atoms with E-state index in [1.807, 2.05) is 0 Å². The first kappa shape index (κ1) is 25.4. The van der Waals surface area contributed by atoms with Gasteiger partial charge in [0.15, 0.2) is 11.5 Å². The SMILES string of the molecule is CNC(=O)CN(c1ccc(Cl)cc1C(O)c1ccccc1)S(=O)(=O)c1ccc(OC)c(OC)c1. The maximum absolute atomic E-state index is 13.8. The molecule has 3 rings (SSSR count). The smallest absolute Gasteiger partial charge is 0.264 e. The Morgan fingerprint density at radius 2 is 1.71 bits per heavy atom. The highest BCUT2D eigenvalue weighted by molar-refractivity contribution is 7.92. The van der Waals surface area contributed by atoms with E-state index in [9.17, 15) is 18.3 Å². The number of amides is 1. The summed E-state index contributed by atoms with van der Waals surface area (Å²) in [6.07, 6.45) is -1.19. The molecule has 3 aromatic carbocycles. The normalized spacial score (nSPS) is 12.0. The van der Waals surface area contributed by atoms with Crippen LogP contribution in [0.3, 0.4) is 0 Å². The van der Waals surface area contributed by atoms with Gasteiger partial charge in [-0.15, -0.1) is 0 Å². The first-order valence-electron chi connectivity index (χ1n) is 10.2. The van der Waals surface area contributed by atoms with Gasteiger partial charge in [0.1, 0.15) is 12.6 Å². The maximum atomic E-state index is 13.8. The zero-order chi connectivity index (χ0) is 24.9. The third kappa shape index (κ3) is 5.27. The van der Waals surface area contributed by atoms with E-state index in [2.05, 4.69) is 5.32 Å². The van der Waals surface area contributed by atoms with Gasteiger partial charge >= 0.3 is 0 Å². The molecule has 0 fully saturated rings. The minimum Gasteiger partial charge on any atom is -0.493 e. The summed E-state index contributed by atoms with van der Waals surface area (Å²) in [4.78, 5) is 12.2. The van der Waals surface area contributed by atoms with E-state index in [1.165, 1.54) is 57.7 Å². The highest BCUT2D eigenvalue weighted by Gasteiger charge is 2.31. The van der Waals surface area contributed by atoms with Crippen molar-refractivity contribution in [1.82, 2.24) is 5.32 Å². The molecule has 10 heteroatoms. The Kier molecular flexibility index (Phi) is 8.03. The number of nitrogens with zero attached hydrogens (tertiary/aromatic N) is 1. The minimum absolute atomic E-state index is 0.110. The maximum Gasteiger partial charge on any atom is 0.264 e. The van der Waals surface area contributed by atoms with Gasteiger partial charge in [0.25, 0.3) is 10.0 Å². The number of anilines is 1. The summed E-state index contributed by atoms with van der Waals surface area (Å²) in [6.45, 7) is -0.524. The number of methoxy groups -OCH3 is 2. The highest BCUT2D eigenvalue weighted by Crippen LogP contribution is 2.37. The molecule has 0 aliphatic carbocycles. The first-order chi connectivity index (χ1) is 16.2. The Morgan fingerprint density at radius 1 is 1.03 bits per heavy atom. The van der Waals surface area contributed by atoms with E-state index in [4.69, 9.17) is 21.1 Å². The van der Waals surface area contributed by atoms with Crippen LogP contribution < -0.4 is 19.1 Å². The van der Waals surface area contributed by atoms with Gasteiger partial charge in [-0.1, -0.05) is 41.9 Å². The molecule has 0 radical (unpaired) electrons. The van der Waals surface area contributed by atoms with Crippen LogP contribution in [0.25, 0.3) is 0 Å². The monoisotopic (exact) mass is 504 g/mol. The average molecular weight is 505 g/mol. The summed E-state index contributed by atoms with van der Waals surface area (Å²) in [6, 6.07) is 17.3. The summed E-state index contributed by atoms with van der Waals surface area (Å²) in [7, 11) is -0.0450. The van der Waals surface area contributed by atoms with Crippen LogP contribution in [-0.2, 0) is 14.8 Å². The van der Waals surface area contributed by atoms with E-state index in [1.54, 1.807) is 30.3 Å². The van der Waals surface area contributed by atoms with E-state index in [0.29, 0.717) is 16.3 Å². The lowest BCUT2D eigenvalue weighted by atomic mass is 10.00. The predicted molar refractivity (Wildman–Crippen MR) is 130 cm³/mol. The number of nitrogens with one attached hydrogen (secondary N) is 1. The Hall–Kier alpha value is -3.27. The second-order valence-corrected chi connectivity index (χ2v) is 9.52. The lowest BCUT2D eigenvalue weighted by Gasteiger charge is -2.28. The number of aliphatic hydroxyl groups is 1. The Balaban J connectivity index is 2.20. The molecular formula is C24H25ClN2O6S. The number of benzene rings is 3. The van der Waals surface area contributed by atoms with Crippen LogP contribution in [0, 0.1) is 0 Å². The van der Waals surface area contributed by atoms with Crippen LogP contribution >= 0.6 is 11.6 Å². The zero-order valence-electron chi connectivity index (χ0n) is 18.9. The molecule has 1 atom stereocenters. The van der Waals surface area contributed by atoms with E-state index < -0.39 is 28.6 Å². The summed E-state index contributed by atoms with van der Waals surface area (Å²) < 4.78 is 39.0. The Bertz CT molecular complexity index is 1270. The van der Waals surface area contributed by atoms with Gasteiger partial charge in [-0.2, -0.15) is 0 Å². The molecule has 8 nitrogen and oxygen atoms in total. The van der Waals surface area contributed by atoms with Crippen molar-refractivity contribution in [2.75, 3.05) is 32.1 Å². The van der Waals surface area contributed by atoms with Crippen LogP contribution in [0.5, 0.6) is 11.5 Å². The van der Waals surface area contributed by atoms with Gasteiger partial charge in [-0.05, 0) is 35.9 Å². The van der Waals surface area contributed by atoms with Crippen molar-refractivity contribution >= 4 is 33.2 Å². The molecule has 34 heavy (non-hydrogen) atoms. The third-order valence-electron chi connectivity index (χ3n) is 5.18. The number of hydrogen-bond acceptors (Lipinski definition) is 6. The van der Waals surface area contributed by atoms with Gasteiger partial charge in [0.2, 0.25) is 5.91 Å². The second-order valence-electron chi connectivity index (χ2n) is 7.22. The van der Waals surface area contributed by atoms with Crippen molar-refractivity contribution < 1.29 is 27.8 Å². The molecule has 1 unspecified atom stereocenters. The lowest BCUT2D eigenvalue weighted by Crippen LogP contribution is -2.40. The molecule has 0 bridgehead atoms. The van der Waals surface area contributed by atoms with Gasteiger partial charge in [-0.25, -0.2) is 8.42 Å². The Morgan fingerprint density at radius 3 is 2.32 bits per heavy atom. The summed E-state index contributed by atoms with van der Waals surface area (Å²) in [5.74, 6) is 0.0225. The van der Waals surface area contributed by atoms with E-state index >= 15 is 0 Å². The molecule has 3 aromatic rings. The van der Waals surface area contributed by atoms with Crippen molar-refractivity contribution in [2.45, 2.75) is 11.0 Å². The van der Waals surface area contributed by atoms with Crippen LogP contribution in [0.4, 0.5) is 5.69 Å². The molecule has 0 saturated heterocycles. The number of halogens is 1. The van der Waals surface area contributed by atoms with E-state index in [0.717, 1.165) is 4.31 Å². The van der Waals surface area contributed by atoms with Crippen molar-refractivity contribution in [3.8, 4) is 11.5 Å². The predicted octanol–water partition coefficient (Wildman–Crippen LogP) is 3.38. The number of likely N-dealkylation sites (N-methyl/N-ethyl adjacent to an activating group) is 1. The topological polar surface area (TPSA) is 105 Å². The van der Waals surface area contributed by atoms with Crippen molar-refractivity contribution in [3.63, 3.8) is 0 Å². The fourth-order valence-corrected chi connectivity index (χ4v) is 5.04. The number of rotatable bonds is 9. The molecule has 180 valence electrons. The molecule has 2 N–H and O–H groups in total. The first-order valence-corrected chi connectivity index (χ1v) is 12.0. The van der Waals surface area contributed by atoms with Gasteiger partial charge in [0, 0.05) is 23.7 Å².